The molecule has 0 aliphatic heterocycles. The van der Waals surface area contributed by atoms with Crippen LogP contribution in [0.5, 0.6) is 5.75 Å². The van der Waals surface area contributed by atoms with E-state index in [1.807, 2.05) is 10.8 Å². The molecule has 2 rings (SSSR count). The highest BCUT2D eigenvalue weighted by Gasteiger charge is 2.03. The molecule has 7 heteroatoms. The number of benzene rings is 1. The molecule has 0 bridgehead atoms. The number of nitrogens with one attached hydrogen (secondary N) is 1. The van der Waals surface area contributed by atoms with Gasteiger partial charge in [0, 0.05) is 31.6 Å². The summed E-state index contributed by atoms with van der Waals surface area (Å²) in [7, 11) is 0. The van der Waals surface area contributed by atoms with Crippen LogP contribution < -0.4 is 10.1 Å². The van der Waals surface area contributed by atoms with Crippen LogP contribution in [0.15, 0.2) is 49.1 Å². The maximum Gasteiger partial charge on any atom is 0.387 e. The summed E-state index contributed by atoms with van der Waals surface area (Å²) < 4.78 is 30.2. The fraction of sp³-hybridized carbons (Fsp3) is 0.250. The van der Waals surface area contributed by atoms with Gasteiger partial charge in [0.25, 0.3) is 0 Å². The second-order valence-electron chi connectivity index (χ2n) is 4.73. The molecule has 0 unspecified atom stereocenters. The number of imidazole rings is 1. The average Bonchev–Trinajstić information content (AvgIpc) is 3.04. The van der Waals surface area contributed by atoms with E-state index < -0.39 is 6.61 Å². The van der Waals surface area contributed by atoms with Crippen LogP contribution in [0, 0.1) is 0 Å². The van der Waals surface area contributed by atoms with E-state index >= 15 is 0 Å². The van der Waals surface area contributed by atoms with Crippen molar-refractivity contribution in [3.05, 3.63) is 54.6 Å². The summed E-state index contributed by atoms with van der Waals surface area (Å²) in [4.78, 5) is 15.6. The summed E-state index contributed by atoms with van der Waals surface area (Å²) in [5.74, 6) is -0.121. The maximum absolute atomic E-state index is 12.0. The minimum atomic E-state index is -2.84. The van der Waals surface area contributed by atoms with E-state index in [9.17, 15) is 13.6 Å². The maximum atomic E-state index is 12.0. The Hall–Kier alpha value is -2.70. The van der Waals surface area contributed by atoms with Crippen LogP contribution in [0.1, 0.15) is 12.0 Å². The van der Waals surface area contributed by atoms with Gasteiger partial charge in [-0.1, -0.05) is 12.1 Å². The van der Waals surface area contributed by atoms with E-state index in [0.717, 1.165) is 18.5 Å². The molecule has 0 saturated heterocycles. The summed E-state index contributed by atoms with van der Waals surface area (Å²) >= 11 is 0. The molecule has 0 aliphatic carbocycles. The highest BCUT2D eigenvalue weighted by atomic mass is 19.3. The van der Waals surface area contributed by atoms with Gasteiger partial charge in [-0.15, -0.1) is 0 Å². The minimum absolute atomic E-state index is 0.0844. The quantitative estimate of drug-likeness (QED) is 0.601. The van der Waals surface area contributed by atoms with Crippen LogP contribution in [-0.2, 0) is 11.3 Å². The largest absolute Gasteiger partial charge is 0.435 e. The molecule has 5 nitrogen and oxygen atoms in total. The first-order valence-electron chi connectivity index (χ1n) is 7.10. The number of halogens is 2. The first-order valence-corrected chi connectivity index (χ1v) is 7.10. The molecule has 1 amide bonds. The molecule has 0 radical (unpaired) electrons. The summed E-state index contributed by atoms with van der Waals surface area (Å²) in [5, 5.41) is 2.77. The Bertz CT molecular complexity index is 625. The van der Waals surface area contributed by atoms with Crippen LogP contribution in [-0.4, -0.2) is 28.6 Å². The van der Waals surface area contributed by atoms with Gasteiger partial charge in [-0.05, 0) is 30.2 Å². The number of aryl methyl sites for hydroxylation is 1. The normalized spacial score (nSPS) is 11.1. The number of amides is 1. The minimum Gasteiger partial charge on any atom is -0.435 e. The highest BCUT2D eigenvalue weighted by molar-refractivity contribution is 5.91. The summed E-state index contributed by atoms with van der Waals surface area (Å²) in [6, 6.07) is 6.05. The van der Waals surface area contributed by atoms with Crippen LogP contribution in [0.4, 0.5) is 8.78 Å². The number of nitrogens with zero attached hydrogens (tertiary/aromatic N) is 2. The van der Waals surface area contributed by atoms with Crippen molar-refractivity contribution in [2.45, 2.75) is 19.6 Å². The Labute approximate surface area is 132 Å². The number of ether oxygens (including phenoxy) is 1. The Kier molecular flexibility index (Phi) is 6.28. The lowest BCUT2D eigenvalue weighted by molar-refractivity contribution is -0.116. The third kappa shape index (κ3) is 6.29. The van der Waals surface area contributed by atoms with Crippen molar-refractivity contribution in [3.8, 4) is 5.75 Å². The first kappa shape index (κ1) is 16.7. The molecule has 0 fully saturated rings. The van der Waals surface area contributed by atoms with E-state index in [2.05, 4.69) is 15.0 Å². The van der Waals surface area contributed by atoms with Gasteiger partial charge in [0.05, 0.1) is 6.33 Å². The van der Waals surface area contributed by atoms with Gasteiger partial charge in [-0.2, -0.15) is 8.78 Å². The Morgan fingerprint density at radius 1 is 1.35 bits per heavy atom. The van der Waals surface area contributed by atoms with Crippen molar-refractivity contribution in [2.24, 2.45) is 0 Å². The fourth-order valence-electron chi connectivity index (χ4n) is 1.88. The lowest BCUT2D eigenvalue weighted by Crippen LogP contribution is -2.22. The van der Waals surface area contributed by atoms with Gasteiger partial charge in [0.2, 0.25) is 5.91 Å². The zero-order valence-corrected chi connectivity index (χ0v) is 12.4. The van der Waals surface area contributed by atoms with Crippen molar-refractivity contribution in [1.82, 2.24) is 14.9 Å². The SMILES string of the molecule is O=C(/C=C/c1ccc(OC(F)F)cc1)NCCCn1ccnc1. The summed E-state index contributed by atoms with van der Waals surface area (Å²) in [6.07, 6.45) is 9.11. The van der Waals surface area contributed by atoms with E-state index in [-0.39, 0.29) is 11.7 Å². The molecular formula is C16H17F2N3O2. The number of alkyl halides is 2. The fourth-order valence-corrected chi connectivity index (χ4v) is 1.88. The summed E-state index contributed by atoms with van der Waals surface area (Å²) in [5.41, 5.74) is 0.722. The van der Waals surface area contributed by atoms with Gasteiger partial charge in [0.15, 0.2) is 0 Å². The molecule has 0 aliphatic rings. The molecule has 122 valence electrons. The zero-order chi connectivity index (χ0) is 16.5. The Morgan fingerprint density at radius 3 is 2.78 bits per heavy atom. The molecule has 0 atom stereocenters. The number of carbonyl (C=O) groups excluding carboxylic acids is 1. The van der Waals surface area contributed by atoms with Crippen molar-refractivity contribution in [1.29, 1.82) is 0 Å². The number of carbonyl (C=O) groups is 1. The molecule has 2 aromatic rings. The van der Waals surface area contributed by atoms with E-state index in [4.69, 9.17) is 0 Å². The van der Waals surface area contributed by atoms with Crippen LogP contribution >= 0.6 is 0 Å². The zero-order valence-electron chi connectivity index (χ0n) is 12.4. The average molecular weight is 321 g/mol. The van der Waals surface area contributed by atoms with Gasteiger partial charge in [-0.3, -0.25) is 4.79 Å². The number of rotatable bonds is 8. The topological polar surface area (TPSA) is 56.1 Å². The molecule has 0 spiro atoms. The molecule has 1 aromatic heterocycles. The third-order valence-electron chi connectivity index (χ3n) is 2.98. The van der Waals surface area contributed by atoms with Gasteiger partial charge >= 0.3 is 6.61 Å². The smallest absolute Gasteiger partial charge is 0.387 e. The second kappa shape index (κ2) is 8.67. The van der Waals surface area contributed by atoms with E-state index in [1.54, 1.807) is 30.7 Å². The Morgan fingerprint density at radius 2 is 2.13 bits per heavy atom. The number of hydrogen-bond donors (Lipinski definition) is 1. The Balaban J connectivity index is 1.70. The van der Waals surface area contributed by atoms with Crippen LogP contribution in [0.3, 0.4) is 0 Å². The van der Waals surface area contributed by atoms with Crippen molar-refractivity contribution in [3.63, 3.8) is 0 Å². The number of aromatic nitrogens is 2. The third-order valence-corrected chi connectivity index (χ3v) is 2.98. The predicted molar refractivity (Wildman–Crippen MR) is 82.0 cm³/mol. The van der Waals surface area contributed by atoms with E-state index in [1.165, 1.54) is 18.2 Å². The first-order chi connectivity index (χ1) is 11.1. The van der Waals surface area contributed by atoms with Crippen LogP contribution in [0.25, 0.3) is 6.08 Å². The van der Waals surface area contributed by atoms with Crippen molar-refractivity contribution >= 4 is 12.0 Å². The standard InChI is InChI=1S/C16H17F2N3O2/c17-16(18)23-14-5-2-13(3-6-14)4-7-15(22)20-8-1-10-21-11-9-19-12-21/h2-7,9,11-12,16H,1,8,10H2,(H,20,22)/b7-4+. The molecule has 1 heterocycles. The van der Waals surface area contributed by atoms with Gasteiger partial charge in [0.1, 0.15) is 5.75 Å². The molecule has 1 aromatic carbocycles. The molecule has 0 saturated carbocycles. The lowest BCUT2D eigenvalue weighted by atomic mass is 10.2. The monoisotopic (exact) mass is 321 g/mol. The molecular weight excluding hydrogens is 304 g/mol. The van der Waals surface area contributed by atoms with E-state index in [0.29, 0.717) is 6.54 Å². The molecule has 23 heavy (non-hydrogen) atoms. The predicted octanol–water partition coefficient (Wildman–Crippen LogP) is 2.70. The molecule has 1 N–H and O–H groups in total. The van der Waals surface area contributed by atoms with Crippen LogP contribution in [0.2, 0.25) is 0 Å². The lowest BCUT2D eigenvalue weighted by Gasteiger charge is -2.04. The number of hydrogen-bond acceptors (Lipinski definition) is 3. The van der Waals surface area contributed by atoms with Crippen molar-refractivity contribution in [2.75, 3.05) is 6.54 Å². The highest BCUT2D eigenvalue weighted by Crippen LogP contribution is 2.15. The second-order valence-corrected chi connectivity index (χ2v) is 4.73. The van der Waals surface area contributed by atoms with Gasteiger partial charge < -0.3 is 14.6 Å². The summed E-state index contributed by atoms with van der Waals surface area (Å²) in [6.45, 7) is -1.50. The van der Waals surface area contributed by atoms with Gasteiger partial charge in [-0.25, -0.2) is 4.98 Å². The van der Waals surface area contributed by atoms with Crippen molar-refractivity contribution < 1.29 is 18.3 Å².